The average Bonchev–Trinajstić information content (AvgIpc) is 2.88. The molecule has 0 spiro atoms. The van der Waals surface area contributed by atoms with Crippen molar-refractivity contribution >= 4 is 17.2 Å². The van der Waals surface area contributed by atoms with Crippen molar-refractivity contribution in [2.45, 2.75) is 12.8 Å². The molecule has 3 N–H and O–H groups in total. The molecule has 1 aromatic heterocycles. The predicted molar refractivity (Wildman–Crippen MR) is 71.1 cm³/mol. The van der Waals surface area contributed by atoms with Crippen molar-refractivity contribution in [2.75, 3.05) is 0 Å². The van der Waals surface area contributed by atoms with Crippen molar-refractivity contribution in [2.24, 2.45) is 5.73 Å². The number of nitrogen functional groups attached to an aromatic ring is 1. The molecule has 2 rings (SSSR count). The molecule has 3 nitrogen and oxygen atoms in total. The minimum atomic E-state index is -4.55. The van der Waals surface area contributed by atoms with Crippen molar-refractivity contribution in [1.82, 2.24) is 0 Å². The Morgan fingerprint density at radius 2 is 2.05 bits per heavy atom. The fourth-order valence-corrected chi connectivity index (χ4v) is 2.25. The number of benzene rings is 1. The van der Waals surface area contributed by atoms with Crippen LogP contribution in [0.25, 0.3) is 0 Å². The molecule has 0 aliphatic heterocycles. The lowest BCUT2D eigenvalue weighted by atomic mass is 10.1. The van der Waals surface area contributed by atoms with Crippen LogP contribution in [0.15, 0.2) is 35.7 Å². The van der Waals surface area contributed by atoms with Crippen LogP contribution in [0.1, 0.15) is 16.0 Å². The second-order valence-corrected chi connectivity index (χ2v) is 5.02. The molecule has 0 fully saturated rings. The smallest absolute Gasteiger partial charge is 0.417 e. The lowest BCUT2D eigenvalue weighted by molar-refractivity contribution is -0.137. The fraction of sp³-hybridized carbons (Fsp3) is 0.154. The predicted octanol–water partition coefficient (Wildman–Crippen LogP) is 3.63. The summed E-state index contributed by atoms with van der Waals surface area (Å²) in [5.74, 6) is -0.393. The van der Waals surface area contributed by atoms with Gasteiger partial charge < -0.3 is 10.5 Å². The third-order valence-corrected chi connectivity index (χ3v) is 3.40. The molecule has 0 bridgehead atoms. The van der Waals surface area contributed by atoms with Gasteiger partial charge >= 0.3 is 6.18 Å². The van der Waals surface area contributed by atoms with Gasteiger partial charge in [-0.05, 0) is 29.6 Å². The molecule has 0 aliphatic carbocycles. The highest BCUT2D eigenvalue weighted by atomic mass is 32.1. The van der Waals surface area contributed by atoms with Crippen LogP contribution in [-0.2, 0) is 12.8 Å². The first-order valence-electron chi connectivity index (χ1n) is 5.59. The normalized spacial score (nSPS) is 11.3. The zero-order valence-corrected chi connectivity index (χ0v) is 11.0. The molecule has 0 amide bonds. The summed E-state index contributed by atoms with van der Waals surface area (Å²) in [6.07, 6.45) is -4.55. The van der Waals surface area contributed by atoms with E-state index in [1.165, 1.54) is 17.4 Å². The minimum absolute atomic E-state index is 0.247. The third kappa shape index (κ3) is 3.30. The van der Waals surface area contributed by atoms with Gasteiger partial charge in [-0.2, -0.15) is 13.2 Å². The molecule has 1 aromatic carbocycles. The SMILES string of the molecule is N=C(N)c1cc(OCc2cccs2)ccc1C(F)(F)F. The lowest BCUT2D eigenvalue weighted by Gasteiger charge is -2.13. The summed E-state index contributed by atoms with van der Waals surface area (Å²) in [5.41, 5.74) is 3.89. The Morgan fingerprint density at radius 1 is 1.30 bits per heavy atom. The quantitative estimate of drug-likeness (QED) is 0.669. The highest BCUT2D eigenvalue weighted by Crippen LogP contribution is 2.33. The molecule has 0 unspecified atom stereocenters. The Labute approximate surface area is 117 Å². The van der Waals surface area contributed by atoms with E-state index < -0.39 is 17.6 Å². The molecular weight excluding hydrogens is 289 g/mol. The van der Waals surface area contributed by atoms with E-state index in [1.54, 1.807) is 0 Å². The number of alkyl halides is 3. The molecule has 7 heteroatoms. The fourth-order valence-electron chi connectivity index (χ4n) is 1.63. The average molecular weight is 300 g/mol. The Kier molecular flexibility index (Phi) is 3.99. The molecule has 0 saturated carbocycles. The monoisotopic (exact) mass is 300 g/mol. The first-order valence-corrected chi connectivity index (χ1v) is 6.46. The van der Waals surface area contributed by atoms with E-state index in [2.05, 4.69) is 0 Å². The number of nitrogens with two attached hydrogens (primary N) is 1. The molecule has 1 heterocycles. The van der Waals surface area contributed by atoms with Gasteiger partial charge in [-0.1, -0.05) is 6.07 Å². The number of thiophene rings is 1. The van der Waals surface area contributed by atoms with E-state index in [0.717, 1.165) is 17.0 Å². The van der Waals surface area contributed by atoms with Crippen molar-refractivity contribution in [3.8, 4) is 5.75 Å². The van der Waals surface area contributed by atoms with Crippen LogP contribution >= 0.6 is 11.3 Å². The van der Waals surface area contributed by atoms with Gasteiger partial charge in [-0.25, -0.2) is 0 Å². The van der Waals surface area contributed by atoms with Gasteiger partial charge in [-0.3, -0.25) is 5.41 Å². The number of amidine groups is 1. The maximum absolute atomic E-state index is 12.8. The summed E-state index contributed by atoms with van der Waals surface area (Å²) in [7, 11) is 0. The Balaban J connectivity index is 2.24. The Bertz CT molecular complexity index is 609. The number of ether oxygens (including phenoxy) is 1. The van der Waals surface area contributed by atoms with Gasteiger partial charge in [0.25, 0.3) is 0 Å². The summed E-state index contributed by atoms with van der Waals surface area (Å²) >= 11 is 1.49. The largest absolute Gasteiger partial charge is 0.488 e. The lowest BCUT2D eigenvalue weighted by Crippen LogP contribution is -2.19. The number of rotatable bonds is 4. The van der Waals surface area contributed by atoms with E-state index >= 15 is 0 Å². The maximum Gasteiger partial charge on any atom is 0.417 e. The molecule has 0 radical (unpaired) electrons. The number of nitrogens with one attached hydrogen (secondary N) is 1. The highest BCUT2D eigenvalue weighted by Gasteiger charge is 2.34. The topological polar surface area (TPSA) is 59.1 Å². The number of hydrogen-bond acceptors (Lipinski definition) is 3. The second kappa shape index (κ2) is 5.54. The van der Waals surface area contributed by atoms with E-state index in [0.29, 0.717) is 0 Å². The van der Waals surface area contributed by atoms with Crippen LogP contribution in [0.3, 0.4) is 0 Å². The van der Waals surface area contributed by atoms with Crippen molar-refractivity contribution in [1.29, 1.82) is 5.41 Å². The molecular formula is C13H11F3N2OS. The van der Waals surface area contributed by atoms with Gasteiger partial charge in [0.05, 0.1) is 5.56 Å². The van der Waals surface area contributed by atoms with Gasteiger partial charge in [0.1, 0.15) is 18.2 Å². The number of hydrogen-bond donors (Lipinski definition) is 2. The standard InChI is InChI=1S/C13H11F3N2OS/c14-13(15,16)11-4-3-8(6-10(11)12(17)18)19-7-9-2-1-5-20-9/h1-6H,7H2,(H3,17,18). The van der Waals surface area contributed by atoms with Crippen LogP contribution in [-0.4, -0.2) is 5.84 Å². The first-order chi connectivity index (χ1) is 9.38. The van der Waals surface area contributed by atoms with Gasteiger partial charge in [0, 0.05) is 10.4 Å². The third-order valence-electron chi connectivity index (χ3n) is 2.55. The molecule has 0 atom stereocenters. The Morgan fingerprint density at radius 3 is 2.60 bits per heavy atom. The number of halogens is 3. The minimum Gasteiger partial charge on any atom is -0.488 e. The van der Waals surface area contributed by atoms with Crippen LogP contribution in [0.5, 0.6) is 5.75 Å². The van der Waals surface area contributed by atoms with Crippen LogP contribution in [0.4, 0.5) is 13.2 Å². The van der Waals surface area contributed by atoms with Crippen molar-refractivity contribution in [3.63, 3.8) is 0 Å². The molecule has 0 aliphatic rings. The summed E-state index contributed by atoms with van der Waals surface area (Å²) in [6, 6.07) is 6.96. The molecule has 20 heavy (non-hydrogen) atoms. The van der Waals surface area contributed by atoms with E-state index in [9.17, 15) is 13.2 Å². The van der Waals surface area contributed by atoms with Gasteiger partial charge in [-0.15, -0.1) is 11.3 Å². The van der Waals surface area contributed by atoms with E-state index in [4.69, 9.17) is 15.9 Å². The van der Waals surface area contributed by atoms with Crippen LogP contribution < -0.4 is 10.5 Å². The van der Waals surface area contributed by atoms with Crippen LogP contribution in [0, 0.1) is 5.41 Å². The summed E-state index contributed by atoms with van der Waals surface area (Å²) in [5, 5.41) is 9.13. The highest BCUT2D eigenvalue weighted by molar-refractivity contribution is 7.09. The molecule has 0 saturated heterocycles. The van der Waals surface area contributed by atoms with Crippen molar-refractivity contribution < 1.29 is 17.9 Å². The Hall–Kier alpha value is -2.02. The van der Waals surface area contributed by atoms with Gasteiger partial charge in [0.15, 0.2) is 0 Å². The maximum atomic E-state index is 12.8. The van der Waals surface area contributed by atoms with Crippen molar-refractivity contribution in [3.05, 3.63) is 51.7 Å². The zero-order chi connectivity index (χ0) is 14.8. The molecule has 106 valence electrons. The van der Waals surface area contributed by atoms with Gasteiger partial charge in [0.2, 0.25) is 0 Å². The second-order valence-electron chi connectivity index (χ2n) is 3.99. The summed E-state index contributed by atoms with van der Waals surface area (Å²) < 4.78 is 43.7. The van der Waals surface area contributed by atoms with Crippen LogP contribution in [0.2, 0.25) is 0 Å². The summed E-state index contributed by atoms with van der Waals surface area (Å²) in [4.78, 5) is 0.953. The van der Waals surface area contributed by atoms with E-state index in [1.807, 2.05) is 17.5 Å². The first kappa shape index (κ1) is 14.4. The van der Waals surface area contributed by atoms with E-state index in [-0.39, 0.29) is 17.9 Å². The molecule has 2 aromatic rings. The summed E-state index contributed by atoms with van der Waals surface area (Å²) in [6.45, 7) is 0.264. The zero-order valence-electron chi connectivity index (χ0n) is 10.2.